The van der Waals surface area contributed by atoms with Crippen LogP contribution in [0.15, 0.2) is 70.4 Å². The van der Waals surface area contributed by atoms with Gasteiger partial charge in [0.1, 0.15) is 5.75 Å². The molecule has 0 radical (unpaired) electrons. The number of hydrogen-bond acceptors (Lipinski definition) is 6. The van der Waals surface area contributed by atoms with Gasteiger partial charge >= 0.3 is 0 Å². The quantitative estimate of drug-likeness (QED) is 0.513. The first-order valence-corrected chi connectivity index (χ1v) is 9.50. The number of aromatic nitrogens is 4. The van der Waals surface area contributed by atoms with Crippen LogP contribution >= 0.6 is 0 Å². The number of methoxy groups -OCH3 is 1. The highest BCUT2D eigenvalue weighted by Crippen LogP contribution is 2.16. The first-order chi connectivity index (χ1) is 14.5. The van der Waals surface area contributed by atoms with E-state index < -0.39 is 6.04 Å². The Morgan fingerprint density at radius 3 is 2.67 bits per heavy atom. The summed E-state index contributed by atoms with van der Waals surface area (Å²) in [4.78, 5) is 32.2. The molecule has 0 aliphatic rings. The van der Waals surface area contributed by atoms with Crippen LogP contribution in [0.1, 0.15) is 24.2 Å². The fraction of sp³-hybridized carbons (Fsp3) is 0.182. The molecule has 2 aromatic heterocycles. The Morgan fingerprint density at radius 2 is 1.90 bits per heavy atom. The van der Waals surface area contributed by atoms with Crippen LogP contribution < -0.4 is 21.2 Å². The number of nitrogens with one attached hydrogen (secondary N) is 2. The third-order valence-corrected chi connectivity index (χ3v) is 4.90. The summed E-state index contributed by atoms with van der Waals surface area (Å²) in [5.74, 6) is 1.10. The van der Waals surface area contributed by atoms with Crippen molar-refractivity contribution in [1.82, 2.24) is 19.7 Å². The van der Waals surface area contributed by atoms with Crippen LogP contribution in [0.2, 0.25) is 0 Å². The van der Waals surface area contributed by atoms with Gasteiger partial charge in [0, 0.05) is 18.0 Å². The monoisotopic (exact) mass is 403 g/mol. The lowest BCUT2D eigenvalue weighted by molar-refractivity contribution is 0.414. The van der Waals surface area contributed by atoms with Crippen LogP contribution in [-0.4, -0.2) is 26.9 Å². The summed E-state index contributed by atoms with van der Waals surface area (Å²) < 4.78 is 6.50. The number of ether oxygens (including phenoxy) is 1. The Labute approximate surface area is 172 Å². The molecule has 2 aromatic carbocycles. The lowest BCUT2D eigenvalue weighted by Gasteiger charge is -2.15. The zero-order valence-electron chi connectivity index (χ0n) is 16.6. The van der Waals surface area contributed by atoms with Gasteiger partial charge in [-0.25, -0.2) is 9.67 Å². The van der Waals surface area contributed by atoms with E-state index in [2.05, 4.69) is 20.4 Å². The number of nitrogens with zero attached hydrogens (tertiary/aromatic N) is 3. The van der Waals surface area contributed by atoms with Gasteiger partial charge in [-0.15, -0.1) is 0 Å². The molecule has 0 saturated carbocycles. The van der Waals surface area contributed by atoms with E-state index in [1.165, 1.54) is 10.7 Å². The minimum atomic E-state index is -0.508. The fourth-order valence-electron chi connectivity index (χ4n) is 3.21. The molecular weight excluding hydrogens is 382 g/mol. The highest BCUT2D eigenvalue weighted by atomic mass is 16.5. The molecule has 0 saturated heterocycles. The number of benzene rings is 2. The van der Waals surface area contributed by atoms with Crippen molar-refractivity contribution in [2.75, 3.05) is 12.4 Å². The van der Waals surface area contributed by atoms with E-state index in [-0.39, 0.29) is 11.1 Å². The van der Waals surface area contributed by atoms with Gasteiger partial charge in [-0.3, -0.25) is 14.6 Å². The zero-order chi connectivity index (χ0) is 21.1. The number of fused-ring (bicyclic) bond motifs is 1. The summed E-state index contributed by atoms with van der Waals surface area (Å²) in [6.07, 6.45) is 1.64. The third-order valence-electron chi connectivity index (χ3n) is 4.90. The first-order valence-electron chi connectivity index (χ1n) is 9.50. The molecule has 2 N–H and O–H groups in total. The topological polar surface area (TPSA) is 102 Å². The molecule has 0 amide bonds. The van der Waals surface area contributed by atoms with Gasteiger partial charge in [-0.05, 0) is 30.7 Å². The summed E-state index contributed by atoms with van der Waals surface area (Å²) in [5, 5.41) is 8.73. The number of rotatable bonds is 6. The lowest BCUT2D eigenvalue weighted by Crippen LogP contribution is -2.28. The molecule has 0 bridgehead atoms. The minimum absolute atomic E-state index is 0.226. The van der Waals surface area contributed by atoms with E-state index in [0.29, 0.717) is 23.6 Å². The summed E-state index contributed by atoms with van der Waals surface area (Å²) >= 11 is 0. The molecule has 0 aliphatic carbocycles. The van der Waals surface area contributed by atoms with Crippen molar-refractivity contribution in [2.24, 2.45) is 0 Å². The predicted molar refractivity (Wildman–Crippen MR) is 115 cm³/mol. The van der Waals surface area contributed by atoms with Crippen LogP contribution in [0.3, 0.4) is 0 Å². The highest BCUT2D eigenvalue weighted by molar-refractivity contribution is 5.80. The standard InChI is InChI=1S/C22H21N5O3/c1-14(27-21(29)18-6-4-3-5-16(18)13-24-27)19-11-20(28)26-22(25-19)23-12-15-7-9-17(30-2)10-8-15/h3-11,13-14H,12H2,1-2H3,(H2,23,25,26,28)/t14-/m1/s1. The molecule has 0 aliphatic heterocycles. The average molecular weight is 403 g/mol. The molecule has 152 valence electrons. The second-order valence-electron chi connectivity index (χ2n) is 6.88. The van der Waals surface area contributed by atoms with Crippen LogP contribution in [0.4, 0.5) is 5.95 Å². The van der Waals surface area contributed by atoms with Gasteiger partial charge in [-0.2, -0.15) is 5.10 Å². The molecule has 30 heavy (non-hydrogen) atoms. The van der Waals surface area contributed by atoms with Gasteiger partial charge in [-0.1, -0.05) is 30.3 Å². The maximum atomic E-state index is 12.8. The number of H-pyrrole nitrogens is 1. The van der Waals surface area contributed by atoms with E-state index in [1.54, 1.807) is 26.3 Å². The van der Waals surface area contributed by atoms with E-state index in [9.17, 15) is 9.59 Å². The molecule has 8 heteroatoms. The second kappa shape index (κ2) is 8.20. The fourth-order valence-corrected chi connectivity index (χ4v) is 3.21. The summed E-state index contributed by atoms with van der Waals surface area (Å²) in [6.45, 7) is 2.26. The van der Waals surface area contributed by atoms with Crippen LogP contribution in [0, 0.1) is 0 Å². The molecule has 4 aromatic rings. The summed E-state index contributed by atoms with van der Waals surface area (Å²) in [5.41, 5.74) is 0.915. The first kappa shape index (κ1) is 19.4. The van der Waals surface area contributed by atoms with E-state index >= 15 is 0 Å². The van der Waals surface area contributed by atoms with Gasteiger partial charge in [0.2, 0.25) is 5.95 Å². The molecule has 0 unspecified atom stereocenters. The Hall–Kier alpha value is -3.94. The van der Waals surface area contributed by atoms with Crippen molar-refractivity contribution in [3.8, 4) is 5.75 Å². The molecule has 8 nitrogen and oxygen atoms in total. The van der Waals surface area contributed by atoms with Crippen molar-refractivity contribution in [2.45, 2.75) is 19.5 Å². The van der Waals surface area contributed by atoms with E-state index in [4.69, 9.17) is 4.74 Å². The summed E-state index contributed by atoms with van der Waals surface area (Å²) in [6, 6.07) is 15.7. The van der Waals surface area contributed by atoms with Gasteiger partial charge in [0.15, 0.2) is 0 Å². The lowest BCUT2D eigenvalue weighted by atomic mass is 10.2. The van der Waals surface area contributed by atoms with Crippen LogP contribution in [0.5, 0.6) is 5.75 Å². The molecular formula is C22H21N5O3. The van der Waals surface area contributed by atoms with Crippen LogP contribution in [-0.2, 0) is 6.54 Å². The molecule has 0 spiro atoms. The predicted octanol–water partition coefficient (Wildman–Crippen LogP) is 2.71. The van der Waals surface area contributed by atoms with E-state index in [0.717, 1.165) is 16.7 Å². The maximum Gasteiger partial charge on any atom is 0.275 e. The van der Waals surface area contributed by atoms with Crippen molar-refractivity contribution in [3.05, 3.63) is 92.8 Å². The smallest absolute Gasteiger partial charge is 0.275 e. The van der Waals surface area contributed by atoms with Crippen molar-refractivity contribution in [1.29, 1.82) is 0 Å². The van der Waals surface area contributed by atoms with Gasteiger partial charge in [0.05, 0.1) is 30.4 Å². The molecule has 1 atom stereocenters. The minimum Gasteiger partial charge on any atom is -0.497 e. The Kier molecular flexibility index (Phi) is 5.30. The maximum absolute atomic E-state index is 12.8. The van der Waals surface area contributed by atoms with Gasteiger partial charge < -0.3 is 10.1 Å². The second-order valence-corrected chi connectivity index (χ2v) is 6.88. The van der Waals surface area contributed by atoms with Crippen LogP contribution in [0.25, 0.3) is 10.8 Å². The highest BCUT2D eigenvalue weighted by Gasteiger charge is 2.15. The number of anilines is 1. The Morgan fingerprint density at radius 1 is 1.13 bits per heavy atom. The number of aromatic amines is 1. The third kappa shape index (κ3) is 3.93. The van der Waals surface area contributed by atoms with Crippen molar-refractivity contribution >= 4 is 16.7 Å². The summed E-state index contributed by atoms with van der Waals surface area (Å²) in [7, 11) is 1.62. The van der Waals surface area contributed by atoms with E-state index in [1.807, 2.05) is 42.5 Å². The average Bonchev–Trinajstić information content (AvgIpc) is 2.78. The largest absolute Gasteiger partial charge is 0.497 e. The van der Waals surface area contributed by atoms with Crippen molar-refractivity contribution < 1.29 is 4.74 Å². The molecule has 4 rings (SSSR count). The number of hydrogen-bond donors (Lipinski definition) is 2. The SMILES string of the molecule is COc1ccc(CNc2nc([C@@H](C)n3ncc4ccccc4c3=O)cc(=O)[nH]2)cc1. The van der Waals surface area contributed by atoms with Gasteiger partial charge in [0.25, 0.3) is 11.1 Å². The normalized spacial score (nSPS) is 11.9. The van der Waals surface area contributed by atoms with Crippen molar-refractivity contribution in [3.63, 3.8) is 0 Å². The molecule has 2 heterocycles. The zero-order valence-corrected chi connectivity index (χ0v) is 16.6. The Balaban J connectivity index is 1.60. The Bertz CT molecular complexity index is 1290. The molecule has 0 fully saturated rings.